The quantitative estimate of drug-likeness (QED) is 0.770. The van der Waals surface area contributed by atoms with Crippen molar-refractivity contribution in [1.29, 1.82) is 0 Å². The molecule has 0 amide bonds. The van der Waals surface area contributed by atoms with E-state index in [0.717, 1.165) is 17.5 Å². The van der Waals surface area contributed by atoms with Crippen LogP contribution in [0.2, 0.25) is 0 Å². The Bertz CT molecular complexity index is 401. The number of hydrogen-bond donors (Lipinski definition) is 1. The summed E-state index contributed by atoms with van der Waals surface area (Å²) in [6, 6.07) is 4.67. The van der Waals surface area contributed by atoms with E-state index in [4.69, 9.17) is 5.11 Å². The molecule has 0 fully saturated rings. The van der Waals surface area contributed by atoms with E-state index in [9.17, 15) is 9.18 Å². The summed E-state index contributed by atoms with van der Waals surface area (Å²) in [5.74, 6) is -1.54. The van der Waals surface area contributed by atoms with Crippen LogP contribution in [0.5, 0.6) is 0 Å². The molecule has 2 atom stereocenters. The Labute approximate surface area is 87.7 Å². The lowest BCUT2D eigenvalue weighted by molar-refractivity contribution is -0.142. The topological polar surface area (TPSA) is 37.3 Å². The summed E-state index contributed by atoms with van der Waals surface area (Å²) in [6.45, 7) is 1.86. The molecule has 0 spiro atoms. The molecule has 1 aliphatic rings. The second kappa shape index (κ2) is 3.65. The predicted octanol–water partition coefficient (Wildman–Crippen LogP) is 2.58. The number of aliphatic carboxylic acids is 1. The monoisotopic (exact) mass is 208 g/mol. The number of halogens is 1. The summed E-state index contributed by atoms with van der Waals surface area (Å²) in [6.07, 6.45) is 1.38. The van der Waals surface area contributed by atoms with E-state index >= 15 is 0 Å². The van der Waals surface area contributed by atoms with Gasteiger partial charge < -0.3 is 5.11 Å². The van der Waals surface area contributed by atoms with Crippen LogP contribution in [0.4, 0.5) is 4.39 Å². The summed E-state index contributed by atoms with van der Waals surface area (Å²) in [7, 11) is 0. The molecule has 2 unspecified atom stereocenters. The Balaban J connectivity index is 2.40. The fourth-order valence-corrected chi connectivity index (χ4v) is 2.33. The first-order valence-electron chi connectivity index (χ1n) is 5.10. The lowest BCUT2D eigenvalue weighted by atomic mass is 9.76. The number of benzene rings is 1. The van der Waals surface area contributed by atoms with Crippen molar-refractivity contribution in [3.05, 3.63) is 35.1 Å². The van der Waals surface area contributed by atoms with Crippen molar-refractivity contribution < 1.29 is 14.3 Å². The SMILES string of the molecule is CC1c2cc(F)ccc2CCC1C(=O)O. The average Bonchev–Trinajstić information content (AvgIpc) is 2.19. The van der Waals surface area contributed by atoms with Gasteiger partial charge in [0, 0.05) is 0 Å². The zero-order valence-electron chi connectivity index (χ0n) is 8.53. The van der Waals surface area contributed by atoms with Gasteiger partial charge in [-0.2, -0.15) is 0 Å². The summed E-state index contributed by atoms with van der Waals surface area (Å²) in [4.78, 5) is 11.0. The van der Waals surface area contributed by atoms with Crippen LogP contribution in [-0.2, 0) is 11.2 Å². The van der Waals surface area contributed by atoms with Crippen LogP contribution >= 0.6 is 0 Å². The van der Waals surface area contributed by atoms with E-state index in [-0.39, 0.29) is 17.7 Å². The Kier molecular flexibility index (Phi) is 2.47. The molecule has 1 N–H and O–H groups in total. The van der Waals surface area contributed by atoms with E-state index in [2.05, 4.69) is 0 Å². The maximum Gasteiger partial charge on any atom is 0.307 e. The number of carboxylic acid groups (broad SMARTS) is 1. The molecule has 15 heavy (non-hydrogen) atoms. The molecular weight excluding hydrogens is 195 g/mol. The largest absolute Gasteiger partial charge is 0.481 e. The highest BCUT2D eigenvalue weighted by Crippen LogP contribution is 2.36. The van der Waals surface area contributed by atoms with Gasteiger partial charge in [0.25, 0.3) is 0 Å². The van der Waals surface area contributed by atoms with Crippen molar-refractivity contribution in [2.24, 2.45) is 5.92 Å². The standard InChI is InChI=1S/C12H13FO2/c1-7-10(12(14)15)5-3-8-2-4-9(13)6-11(7)8/h2,4,6-7,10H,3,5H2,1H3,(H,14,15). The molecule has 1 aromatic carbocycles. The first-order chi connectivity index (χ1) is 7.09. The number of rotatable bonds is 1. The maximum atomic E-state index is 13.0. The zero-order chi connectivity index (χ0) is 11.0. The normalized spacial score (nSPS) is 24.7. The highest BCUT2D eigenvalue weighted by Gasteiger charge is 2.31. The van der Waals surface area contributed by atoms with Gasteiger partial charge in [0.05, 0.1) is 5.92 Å². The number of carboxylic acids is 1. The number of hydrogen-bond acceptors (Lipinski definition) is 1. The lowest BCUT2D eigenvalue weighted by Gasteiger charge is -2.28. The first-order valence-corrected chi connectivity index (χ1v) is 5.10. The van der Waals surface area contributed by atoms with Crippen LogP contribution < -0.4 is 0 Å². The van der Waals surface area contributed by atoms with Gasteiger partial charge in [-0.05, 0) is 42.0 Å². The van der Waals surface area contributed by atoms with Gasteiger partial charge in [-0.25, -0.2) is 4.39 Å². The van der Waals surface area contributed by atoms with Crippen molar-refractivity contribution in [1.82, 2.24) is 0 Å². The average molecular weight is 208 g/mol. The van der Waals surface area contributed by atoms with E-state index < -0.39 is 5.97 Å². The molecule has 0 aromatic heterocycles. The minimum absolute atomic E-state index is 0.0954. The van der Waals surface area contributed by atoms with Gasteiger partial charge in [0.1, 0.15) is 5.82 Å². The van der Waals surface area contributed by atoms with Gasteiger partial charge >= 0.3 is 5.97 Å². The molecule has 0 aliphatic heterocycles. The molecule has 1 aliphatic carbocycles. The molecule has 3 heteroatoms. The van der Waals surface area contributed by atoms with Crippen LogP contribution in [0.25, 0.3) is 0 Å². The van der Waals surface area contributed by atoms with Crippen LogP contribution in [0.15, 0.2) is 18.2 Å². The lowest BCUT2D eigenvalue weighted by Crippen LogP contribution is -2.25. The van der Waals surface area contributed by atoms with Crippen LogP contribution in [0.3, 0.4) is 0 Å². The molecule has 0 saturated carbocycles. The molecule has 0 bridgehead atoms. The smallest absolute Gasteiger partial charge is 0.307 e. The van der Waals surface area contributed by atoms with Crippen molar-refractivity contribution in [2.75, 3.05) is 0 Å². The van der Waals surface area contributed by atoms with Gasteiger partial charge in [-0.1, -0.05) is 13.0 Å². The van der Waals surface area contributed by atoms with Gasteiger partial charge in [-0.15, -0.1) is 0 Å². The summed E-state index contributed by atoms with van der Waals surface area (Å²) < 4.78 is 13.0. The molecule has 0 heterocycles. The fourth-order valence-electron chi connectivity index (χ4n) is 2.33. The molecule has 80 valence electrons. The Morgan fingerprint density at radius 1 is 1.53 bits per heavy atom. The van der Waals surface area contributed by atoms with Crippen LogP contribution in [0, 0.1) is 11.7 Å². The molecule has 1 aromatic rings. The predicted molar refractivity (Wildman–Crippen MR) is 54.3 cm³/mol. The van der Waals surface area contributed by atoms with Crippen molar-refractivity contribution in [3.8, 4) is 0 Å². The minimum Gasteiger partial charge on any atom is -0.481 e. The Hall–Kier alpha value is -1.38. The number of carbonyl (C=O) groups is 1. The highest BCUT2D eigenvalue weighted by atomic mass is 19.1. The van der Waals surface area contributed by atoms with E-state index in [1.54, 1.807) is 6.07 Å². The molecular formula is C12H13FO2. The van der Waals surface area contributed by atoms with E-state index in [0.29, 0.717) is 6.42 Å². The first kappa shape index (κ1) is 10.1. The van der Waals surface area contributed by atoms with Crippen molar-refractivity contribution in [2.45, 2.75) is 25.7 Å². The number of aryl methyl sites for hydroxylation is 1. The van der Waals surface area contributed by atoms with Crippen LogP contribution in [0.1, 0.15) is 30.4 Å². The number of fused-ring (bicyclic) bond motifs is 1. The maximum absolute atomic E-state index is 13.0. The summed E-state index contributed by atoms with van der Waals surface area (Å²) >= 11 is 0. The van der Waals surface area contributed by atoms with Gasteiger partial charge in [0.15, 0.2) is 0 Å². The third kappa shape index (κ3) is 1.74. The zero-order valence-corrected chi connectivity index (χ0v) is 8.53. The highest BCUT2D eigenvalue weighted by molar-refractivity contribution is 5.72. The molecule has 2 nitrogen and oxygen atoms in total. The minimum atomic E-state index is -0.780. The molecule has 0 radical (unpaired) electrons. The fraction of sp³-hybridized carbons (Fsp3) is 0.417. The Morgan fingerprint density at radius 3 is 2.93 bits per heavy atom. The van der Waals surface area contributed by atoms with E-state index in [1.165, 1.54) is 12.1 Å². The van der Waals surface area contributed by atoms with Gasteiger partial charge in [0.2, 0.25) is 0 Å². The van der Waals surface area contributed by atoms with Crippen molar-refractivity contribution in [3.63, 3.8) is 0 Å². The second-order valence-corrected chi connectivity index (χ2v) is 4.12. The summed E-state index contributed by atoms with van der Waals surface area (Å²) in [5, 5.41) is 9.01. The molecule has 2 rings (SSSR count). The van der Waals surface area contributed by atoms with Crippen LogP contribution in [-0.4, -0.2) is 11.1 Å². The van der Waals surface area contributed by atoms with Crippen molar-refractivity contribution >= 4 is 5.97 Å². The van der Waals surface area contributed by atoms with E-state index in [1.807, 2.05) is 6.92 Å². The summed E-state index contributed by atoms with van der Waals surface area (Å²) in [5.41, 5.74) is 1.94. The molecule has 0 saturated heterocycles. The Morgan fingerprint density at radius 2 is 2.27 bits per heavy atom. The third-order valence-electron chi connectivity index (χ3n) is 3.24. The van der Waals surface area contributed by atoms with Gasteiger partial charge in [-0.3, -0.25) is 4.79 Å². The second-order valence-electron chi connectivity index (χ2n) is 4.12. The third-order valence-corrected chi connectivity index (χ3v) is 3.24.